The first-order valence-corrected chi connectivity index (χ1v) is 29.4. The minimum absolute atomic E-state index is 0.0472. The van der Waals surface area contributed by atoms with E-state index in [0.717, 1.165) is 92.4 Å². The van der Waals surface area contributed by atoms with Crippen molar-refractivity contribution in [1.29, 1.82) is 0 Å². The summed E-state index contributed by atoms with van der Waals surface area (Å²) in [4.78, 5) is 55.9. The number of aryl methyl sites for hydroxylation is 8. The van der Waals surface area contributed by atoms with Gasteiger partial charge in [0.15, 0.2) is 12.2 Å². The van der Waals surface area contributed by atoms with E-state index in [1.54, 1.807) is 0 Å². The quantitative estimate of drug-likeness (QED) is 0.0328. The molecule has 0 heterocycles. The molecule has 0 aliphatic heterocycles. The summed E-state index contributed by atoms with van der Waals surface area (Å²) in [6.45, 7) is 31.4. The molecule has 12 heteroatoms. The Morgan fingerprint density at radius 3 is 0.762 bits per heavy atom. The van der Waals surface area contributed by atoms with Crippen LogP contribution >= 0.6 is 0 Å². The molecule has 2 atom stereocenters. The number of carbonyl (C=O) groups excluding carboxylic acids is 4. The first kappa shape index (κ1) is 66.5. The Labute approximate surface area is 479 Å². The second kappa shape index (κ2) is 29.1. The summed E-state index contributed by atoms with van der Waals surface area (Å²) >= 11 is 0. The summed E-state index contributed by atoms with van der Waals surface area (Å²) in [6.07, 6.45) is 3.88. The van der Waals surface area contributed by atoms with E-state index in [-0.39, 0.29) is 83.2 Å². The molecule has 442 valence electrons. The van der Waals surface area contributed by atoms with Crippen LogP contribution in [-0.4, -0.2) is 69.7 Å². The largest absolute Gasteiger partial charge is 0.507 e. The molecule has 0 saturated heterocycles. The predicted molar refractivity (Wildman–Crippen MR) is 318 cm³/mol. The molecule has 4 aromatic carbocycles. The zero-order chi connectivity index (χ0) is 59.9. The van der Waals surface area contributed by atoms with E-state index in [1.807, 2.05) is 159 Å². The third-order valence-corrected chi connectivity index (χ3v) is 14.6. The molecular formula is C68H98O12. The number of benzene rings is 4. The molecule has 0 saturated carbocycles. The fourth-order valence-electron chi connectivity index (χ4n) is 10.1. The number of ether oxygens (including phenoxy) is 4. The highest BCUT2D eigenvalue weighted by Crippen LogP contribution is 2.39. The van der Waals surface area contributed by atoms with Gasteiger partial charge in [-0.1, -0.05) is 185 Å². The Balaban J connectivity index is 1.71. The van der Waals surface area contributed by atoms with Crippen molar-refractivity contribution in [2.24, 2.45) is 0 Å². The Morgan fingerprint density at radius 1 is 0.350 bits per heavy atom. The first-order valence-electron chi connectivity index (χ1n) is 29.4. The number of hydrogen-bond donors (Lipinski definition) is 4. The lowest BCUT2D eigenvalue weighted by Gasteiger charge is -2.27. The van der Waals surface area contributed by atoms with Gasteiger partial charge in [-0.15, -0.1) is 0 Å². The molecule has 0 amide bonds. The van der Waals surface area contributed by atoms with Gasteiger partial charge in [-0.25, -0.2) is 0 Å². The van der Waals surface area contributed by atoms with Crippen molar-refractivity contribution < 1.29 is 58.6 Å². The topological polar surface area (TPSA) is 186 Å². The first-order chi connectivity index (χ1) is 37.3. The number of aromatic hydroxyl groups is 4. The minimum Gasteiger partial charge on any atom is -0.507 e. The van der Waals surface area contributed by atoms with Crippen molar-refractivity contribution in [2.75, 3.05) is 13.2 Å². The van der Waals surface area contributed by atoms with E-state index in [0.29, 0.717) is 38.5 Å². The van der Waals surface area contributed by atoms with E-state index >= 15 is 0 Å². The van der Waals surface area contributed by atoms with Crippen LogP contribution in [0.2, 0.25) is 0 Å². The third-order valence-electron chi connectivity index (χ3n) is 14.6. The van der Waals surface area contributed by atoms with Gasteiger partial charge in [0.25, 0.3) is 0 Å². The van der Waals surface area contributed by atoms with Gasteiger partial charge >= 0.3 is 23.9 Å². The molecule has 0 fully saturated rings. The number of rotatable bonds is 27. The van der Waals surface area contributed by atoms with Crippen molar-refractivity contribution >= 4 is 23.9 Å². The van der Waals surface area contributed by atoms with Gasteiger partial charge in [0.2, 0.25) is 0 Å². The van der Waals surface area contributed by atoms with Crippen molar-refractivity contribution in [2.45, 2.75) is 247 Å². The van der Waals surface area contributed by atoms with Crippen LogP contribution in [-0.2, 0) is 111 Å². The average Bonchev–Trinajstić information content (AvgIpc) is 3.35. The lowest BCUT2D eigenvalue weighted by Crippen LogP contribution is -2.42. The molecule has 0 radical (unpaired) electrons. The Kier molecular flexibility index (Phi) is 24.2. The van der Waals surface area contributed by atoms with Crippen LogP contribution in [0.4, 0.5) is 0 Å². The maximum Gasteiger partial charge on any atom is 0.306 e. The molecule has 0 spiro atoms. The summed E-state index contributed by atoms with van der Waals surface area (Å²) in [7, 11) is 0. The summed E-state index contributed by atoms with van der Waals surface area (Å²) in [5.74, 6) is -1.55. The lowest BCUT2D eigenvalue weighted by atomic mass is 9.83. The molecule has 0 bridgehead atoms. The van der Waals surface area contributed by atoms with Crippen molar-refractivity contribution in [1.82, 2.24) is 0 Å². The van der Waals surface area contributed by atoms with Crippen LogP contribution in [0.15, 0.2) is 48.5 Å². The number of esters is 4. The van der Waals surface area contributed by atoms with Gasteiger partial charge < -0.3 is 39.4 Å². The normalized spacial score (nSPS) is 12.9. The van der Waals surface area contributed by atoms with Gasteiger partial charge in [0, 0.05) is 25.7 Å². The number of carbonyl (C=O) groups is 4. The SMILES string of the molecule is CCCc1cc(CCC(=O)OCC(OC(=O)CCc2cc(CCC)c(O)c(C(C)(C)C)c2)C(COC(=O)CCc2cc(CCC)c(O)c(C(C)(C)C)c2)OC(=O)CCc2cc(CCC)c(O)c(C(C)(C)C)c2)cc(C(C)(C)C)c1O. The molecule has 4 N–H and O–H groups in total. The van der Waals surface area contributed by atoms with Gasteiger partial charge in [-0.2, -0.15) is 0 Å². The summed E-state index contributed by atoms with van der Waals surface area (Å²) in [6, 6.07) is 15.3. The fraction of sp³-hybridized carbons (Fsp3) is 0.588. The van der Waals surface area contributed by atoms with Crippen LogP contribution < -0.4 is 0 Å². The highest BCUT2D eigenvalue weighted by molar-refractivity contribution is 5.73. The Bertz CT molecular complexity index is 2550. The lowest BCUT2D eigenvalue weighted by molar-refractivity contribution is -0.182. The molecule has 2 unspecified atom stereocenters. The maximum absolute atomic E-state index is 14.2. The second-order valence-electron chi connectivity index (χ2n) is 26.0. The molecule has 12 nitrogen and oxygen atoms in total. The fourth-order valence-corrected chi connectivity index (χ4v) is 10.1. The van der Waals surface area contributed by atoms with Crippen molar-refractivity contribution in [3.63, 3.8) is 0 Å². The molecule has 4 aromatic rings. The van der Waals surface area contributed by atoms with Gasteiger partial charge in [-0.05, 0) is 140 Å². The highest BCUT2D eigenvalue weighted by atomic mass is 16.6. The monoisotopic (exact) mass is 1110 g/mol. The standard InChI is InChI=1S/C68H98O12/c1-17-21-47-33-43(37-51(61(47)73)65(5,6)7)25-29-57(69)77-41-55(79-59(71)31-27-45-35-49(23-19-3)63(75)53(39-45)67(11,12)13)56(80-60(72)32-28-46-36-50(24-20-4)64(76)54(40-46)68(14,15)16)42-78-58(70)30-26-44-34-48(22-18-2)62(74)52(38-44)66(8,9)10/h33-40,55-56,73-76H,17-32,41-42H2,1-16H3. The minimum atomic E-state index is -1.40. The molecule has 0 aliphatic carbocycles. The third kappa shape index (κ3) is 19.6. The molecule has 0 aliphatic rings. The van der Waals surface area contributed by atoms with E-state index in [2.05, 4.69) is 0 Å². The predicted octanol–water partition coefficient (Wildman–Crippen LogP) is 14.2. The van der Waals surface area contributed by atoms with Crippen LogP contribution in [0.3, 0.4) is 0 Å². The summed E-state index contributed by atoms with van der Waals surface area (Å²) in [5.41, 5.74) is 8.16. The van der Waals surface area contributed by atoms with Crippen molar-refractivity contribution in [3.05, 3.63) is 115 Å². The average molecular weight is 1110 g/mol. The van der Waals surface area contributed by atoms with Gasteiger partial charge in [0.05, 0.1) is 0 Å². The highest BCUT2D eigenvalue weighted by Gasteiger charge is 2.33. The molecule has 0 aromatic heterocycles. The number of phenolic OH excluding ortho intramolecular Hbond substituents is 4. The Morgan fingerprint density at radius 2 is 0.562 bits per heavy atom. The second-order valence-corrected chi connectivity index (χ2v) is 26.0. The van der Waals surface area contributed by atoms with Crippen molar-refractivity contribution in [3.8, 4) is 23.0 Å². The van der Waals surface area contributed by atoms with E-state index in [9.17, 15) is 39.6 Å². The van der Waals surface area contributed by atoms with Crippen LogP contribution in [0.25, 0.3) is 0 Å². The maximum atomic E-state index is 14.2. The molecule has 4 rings (SSSR count). The molecule has 80 heavy (non-hydrogen) atoms. The zero-order valence-electron chi connectivity index (χ0n) is 51.6. The van der Waals surface area contributed by atoms with E-state index < -0.39 is 49.3 Å². The Hall–Kier alpha value is -6.04. The van der Waals surface area contributed by atoms with Crippen LogP contribution in [0.1, 0.15) is 229 Å². The van der Waals surface area contributed by atoms with E-state index in [4.69, 9.17) is 18.9 Å². The zero-order valence-corrected chi connectivity index (χ0v) is 51.6. The summed E-state index contributed by atoms with van der Waals surface area (Å²) in [5, 5.41) is 44.8. The van der Waals surface area contributed by atoms with Gasteiger partial charge in [0.1, 0.15) is 36.2 Å². The van der Waals surface area contributed by atoms with E-state index in [1.165, 1.54) is 0 Å². The number of phenols is 4. The number of hydrogen-bond acceptors (Lipinski definition) is 12. The van der Waals surface area contributed by atoms with Crippen LogP contribution in [0.5, 0.6) is 23.0 Å². The molecular weight excluding hydrogens is 1010 g/mol. The van der Waals surface area contributed by atoms with Gasteiger partial charge in [-0.3, -0.25) is 19.2 Å². The summed E-state index contributed by atoms with van der Waals surface area (Å²) < 4.78 is 24.1. The van der Waals surface area contributed by atoms with Crippen LogP contribution in [0, 0.1) is 0 Å². The smallest absolute Gasteiger partial charge is 0.306 e.